The normalized spacial score (nSPS) is 20.0. The van der Waals surface area contributed by atoms with Crippen molar-refractivity contribution in [3.8, 4) is 10.6 Å². The molecular formula is C15H19N3O3S2. The summed E-state index contributed by atoms with van der Waals surface area (Å²) in [5.41, 5.74) is 1.13. The zero-order valence-corrected chi connectivity index (χ0v) is 14.7. The lowest BCUT2D eigenvalue weighted by Gasteiger charge is -2.12. The van der Waals surface area contributed by atoms with Crippen molar-refractivity contribution in [3.63, 3.8) is 0 Å². The summed E-state index contributed by atoms with van der Waals surface area (Å²) in [6, 6.07) is 5.43. The predicted molar refractivity (Wildman–Crippen MR) is 90.5 cm³/mol. The Hall–Kier alpha value is -1.67. The number of carbonyl (C=O) groups is 1. The van der Waals surface area contributed by atoms with E-state index in [1.54, 1.807) is 22.1 Å². The molecular weight excluding hydrogens is 334 g/mol. The van der Waals surface area contributed by atoms with Crippen LogP contribution in [0.4, 0.5) is 0 Å². The molecule has 3 heterocycles. The lowest BCUT2D eigenvalue weighted by Crippen LogP contribution is -2.30. The molecule has 2 aromatic rings. The predicted octanol–water partition coefficient (Wildman–Crippen LogP) is 2.11. The SMILES string of the molecule is CC(C)NC(=O)c1cc(-c2cccs2)n([C@@H]2CCS(=O)(=O)C2)n1. The lowest BCUT2D eigenvalue weighted by molar-refractivity contribution is 0.0937. The molecule has 1 amide bonds. The van der Waals surface area contributed by atoms with Crippen molar-refractivity contribution < 1.29 is 13.2 Å². The van der Waals surface area contributed by atoms with Crippen molar-refractivity contribution >= 4 is 27.1 Å². The Morgan fingerprint density at radius 3 is 2.83 bits per heavy atom. The average Bonchev–Trinajstić information content (AvgIpc) is 3.14. The third kappa shape index (κ3) is 3.48. The number of hydrogen-bond donors (Lipinski definition) is 1. The molecule has 1 saturated heterocycles. The van der Waals surface area contributed by atoms with Gasteiger partial charge in [0.05, 0.1) is 28.1 Å². The van der Waals surface area contributed by atoms with E-state index in [1.807, 2.05) is 31.4 Å². The summed E-state index contributed by atoms with van der Waals surface area (Å²) in [6.45, 7) is 3.78. The monoisotopic (exact) mass is 353 g/mol. The van der Waals surface area contributed by atoms with E-state index in [0.29, 0.717) is 12.1 Å². The molecule has 0 aromatic carbocycles. The van der Waals surface area contributed by atoms with Gasteiger partial charge < -0.3 is 5.32 Å². The zero-order chi connectivity index (χ0) is 16.6. The van der Waals surface area contributed by atoms with E-state index in [9.17, 15) is 13.2 Å². The third-order valence-electron chi connectivity index (χ3n) is 3.72. The van der Waals surface area contributed by atoms with Crippen molar-refractivity contribution in [2.45, 2.75) is 32.4 Å². The number of hydrogen-bond acceptors (Lipinski definition) is 5. The summed E-state index contributed by atoms with van der Waals surface area (Å²) < 4.78 is 25.3. The second-order valence-electron chi connectivity index (χ2n) is 6.02. The maximum Gasteiger partial charge on any atom is 0.271 e. The molecule has 0 bridgehead atoms. The van der Waals surface area contributed by atoms with Crippen LogP contribution in [0.2, 0.25) is 0 Å². The van der Waals surface area contributed by atoms with Gasteiger partial charge in [-0.05, 0) is 37.8 Å². The van der Waals surface area contributed by atoms with Gasteiger partial charge in [0.25, 0.3) is 5.91 Å². The highest BCUT2D eigenvalue weighted by atomic mass is 32.2. The Morgan fingerprint density at radius 1 is 1.48 bits per heavy atom. The highest BCUT2D eigenvalue weighted by Gasteiger charge is 2.32. The molecule has 1 atom stereocenters. The fourth-order valence-corrected chi connectivity index (χ4v) is 5.12. The van der Waals surface area contributed by atoms with Gasteiger partial charge in [-0.25, -0.2) is 8.42 Å². The highest BCUT2D eigenvalue weighted by Crippen LogP contribution is 2.32. The van der Waals surface area contributed by atoms with Crippen LogP contribution in [-0.2, 0) is 9.84 Å². The van der Waals surface area contributed by atoms with E-state index in [0.717, 1.165) is 10.6 Å². The molecule has 1 aliphatic rings. The van der Waals surface area contributed by atoms with Crippen molar-refractivity contribution in [2.75, 3.05) is 11.5 Å². The van der Waals surface area contributed by atoms with Gasteiger partial charge in [0, 0.05) is 6.04 Å². The van der Waals surface area contributed by atoms with Gasteiger partial charge in [0.1, 0.15) is 0 Å². The molecule has 0 spiro atoms. The second-order valence-corrected chi connectivity index (χ2v) is 9.20. The molecule has 2 aromatic heterocycles. The molecule has 1 fully saturated rings. The maximum absolute atomic E-state index is 12.2. The van der Waals surface area contributed by atoms with Crippen LogP contribution in [0.3, 0.4) is 0 Å². The first-order chi connectivity index (χ1) is 10.9. The molecule has 0 unspecified atom stereocenters. The molecule has 23 heavy (non-hydrogen) atoms. The standard InChI is InChI=1S/C15H19N3O3S2/c1-10(2)16-15(19)12-8-13(14-4-3-6-22-14)18(17-12)11-5-7-23(20,21)9-11/h3-4,6,8,10-11H,5,7,9H2,1-2H3,(H,16,19)/t11-/m1/s1. The van der Waals surface area contributed by atoms with Crippen LogP contribution in [0.25, 0.3) is 10.6 Å². The Morgan fingerprint density at radius 2 is 2.26 bits per heavy atom. The van der Waals surface area contributed by atoms with Gasteiger partial charge in [-0.15, -0.1) is 11.3 Å². The summed E-state index contributed by atoms with van der Waals surface area (Å²) in [4.78, 5) is 13.2. The summed E-state index contributed by atoms with van der Waals surface area (Å²) in [5, 5.41) is 9.19. The van der Waals surface area contributed by atoms with E-state index >= 15 is 0 Å². The van der Waals surface area contributed by atoms with E-state index < -0.39 is 9.84 Å². The lowest BCUT2D eigenvalue weighted by atomic mass is 10.2. The largest absolute Gasteiger partial charge is 0.348 e. The van der Waals surface area contributed by atoms with Crippen molar-refractivity contribution in [1.82, 2.24) is 15.1 Å². The summed E-state index contributed by atoms with van der Waals surface area (Å²) in [7, 11) is -3.02. The number of aromatic nitrogens is 2. The maximum atomic E-state index is 12.2. The van der Waals surface area contributed by atoms with Crippen molar-refractivity contribution in [3.05, 3.63) is 29.3 Å². The van der Waals surface area contributed by atoms with Crippen LogP contribution in [0.1, 0.15) is 36.8 Å². The number of rotatable bonds is 4. The first kappa shape index (κ1) is 16.2. The second kappa shape index (κ2) is 6.09. The Kier molecular flexibility index (Phi) is 4.29. The van der Waals surface area contributed by atoms with Crippen LogP contribution in [0.5, 0.6) is 0 Å². The van der Waals surface area contributed by atoms with Crippen molar-refractivity contribution in [1.29, 1.82) is 0 Å². The number of carbonyl (C=O) groups excluding carboxylic acids is 1. The minimum atomic E-state index is -3.02. The van der Waals surface area contributed by atoms with Crippen molar-refractivity contribution in [2.24, 2.45) is 0 Å². The summed E-state index contributed by atoms with van der Waals surface area (Å²) in [5.74, 6) is 0.0187. The van der Waals surface area contributed by atoms with Crippen LogP contribution >= 0.6 is 11.3 Å². The first-order valence-corrected chi connectivity index (χ1v) is 10.2. The number of amides is 1. The molecule has 0 saturated carbocycles. The molecule has 6 nitrogen and oxygen atoms in total. The number of thiophene rings is 1. The Balaban J connectivity index is 2.00. The third-order valence-corrected chi connectivity index (χ3v) is 6.36. The van der Waals surface area contributed by atoms with Crippen LogP contribution < -0.4 is 5.32 Å². The topological polar surface area (TPSA) is 81.1 Å². The van der Waals surface area contributed by atoms with Gasteiger partial charge in [-0.2, -0.15) is 5.10 Å². The van der Waals surface area contributed by atoms with Gasteiger partial charge in [-0.1, -0.05) is 6.07 Å². The van der Waals surface area contributed by atoms with E-state index in [-0.39, 0.29) is 29.5 Å². The van der Waals surface area contributed by atoms with Gasteiger partial charge in [0.2, 0.25) is 0 Å². The molecule has 1 N–H and O–H groups in total. The smallest absolute Gasteiger partial charge is 0.271 e. The van der Waals surface area contributed by atoms with E-state index in [2.05, 4.69) is 10.4 Å². The highest BCUT2D eigenvalue weighted by molar-refractivity contribution is 7.91. The summed E-state index contributed by atoms with van der Waals surface area (Å²) in [6.07, 6.45) is 0.535. The summed E-state index contributed by atoms with van der Waals surface area (Å²) >= 11 is 1.55. The molecule has 0 radical (unpaired) electrons. The molecule has 8 heteroatoms. The quantitative estimate of drug-likeness (QED) is 0.913. The number of nitrogens with one attached hydrogen (secondary N) is 1. The van der Waals surface area contributed by atoms with Gasteiger partial charge >= 0.3 is 0 Å². The minimum Gasteiger partial charge on any atom is -0.348 e. The van der Waals surface area contributed by atoms with Gasteiger partial charge in [0.15, 0.2) is 15.5 Å². The molecule has 0 aliphatic carbocycles. The number of sulfone groups is 1. The molecule has 1 aliphatic heterocycles. The molecule has 3 rings (SSSR count). The fourth-order valence-electron chi connectivity index (χ4n) is 2.70. The fraction of sp³-hybridized carbons (Fsp3) is 0.467. The minimum absolute atomic E-state index is 0.0182. The first-order valence-electron chi connectivity index (χ1n) is 7.50. The van der Waals surface area contributed by atoms with E-state index in [4.69, 9.17) is 0 Å². The van der Waals surface area contributed by atoms with Gasteiger partial charge in [-0.3, -0.25) is 9.48 Å². The number of nitrogens with zero attached hydrogens (tertiary/aromatic N) is 2. The average molecular weight is 353 g/mol. The van der Waals surface area contributed by atoms with E-state index in [1.165, 1.54) is 0 Å². The van der Waals surface area contributed by atoms with Crippen LogP contribution in [-0.4, -0.2) is 41.7 Å². The van der Waals surface area contributed by atoms with Crippen LogP contribution in [0.15, 0.2) is 23.6 Å². The Bertz CT molecular complexity index is 807. The zero-order valence-electron chi connectivity index (χ0n) is 13.0. The molecule has 124 valence electrons. The van der Waals surface area contributed by atoms with Crippen LogP contribution in [0, 0.1) is 0 Å². The Labute approximate surface area is 139 Å².